The van der Waals surface area contributed by atoms with Crippen molar-refractivity contribution in [3.8, 4) is 0 Å². The van der Waals surface area contributed by atoms with Crippen LogP contribution in [0.4, 0.5) is 0 Å². The predicted molar refractivity (Wildman–Crippen MR) is 67.8 cm³/mol. The van der Waals surface area contributed by atoms with Gasteiger partial charge in [0.25, 0.3) is 0 Å². The van der Waals surface area contributed by atoms with Crippen LogP contribution in [0, 0.1) is 0 Å². The van der Waals surface area contributed by atoms with Gasteiger partial charge in [0, 0.05) is 0 Å². The van der Waals surface area contributed by atoms with E-state index in [2.05, 4.69) is 41.2 Å². The molecule has 1 heterocycles. The molecule has 0 fully saturated rings. The molecular formula is C12H18BrNO. The predicted octanol–water partition coefficient (Wildman–Crippen LogP) is 3.84. The Morgan fingerprint density at radius 3 is 2.93 bits per heavy atom. The summed E-state index contributed by atoms with van der Waals surface area (Å²) < 4.78 is 6.39. The van der Waals surface area contributed by atoms with Gasteiger partial charge in [0.15, 0.2) is 0 Å². The quantitative estimate of drug-likeness (QED) is 0.796. The van der Waals surface area contributed by atoms with Crippen molar-refractivity contribution in [2.45, 2.75) is 26.7 Å². The molecule has 0 saturated carbocycles. The average molecular weight is 272 g/mol. The number of allylic oxidation sites excluding steroid dienone is 1. The van der Waals surface area contributed by atoms with Crippen LogP contribution in [0.2, 0.25) is 0 Å². The van der Waals surface area contributed by atoms with E-state index < -0.39 is 0 Å². The first-order valence-electron chi connectivity index (χ1n) is 5.36. The molecule has 84 valence electrons. The minimum Gasteiger partial charge on any atom is -0.464 e. The Morgan fingerprint density at radius 2 is 2.33 bits per heavy atom. The fourth-order valence-electron chi connectivity index (χ4n) is 1.36. The molecule has 0 atom stereocenters. The lowest BCUT2D eigenvalue weighted by Gasteiger charge is -2.00. The van der Waals surface area contributed by atoms with E-state index in [0.717, 1.165) is 29.7 Å². The van der Waals surface area contributed by atoms with Gasteiger partial charge in [-0.05, 0) is 60.4 Å². The van der Waals surface area contributed by atoms with Gasteiger partial charge in [0.05, 0.1) is 10.7 Å². The van der Waals surface area contributed by atoms with Crippen LogP contribution in [0.15, 0.2) is 27.3 Å². The highest BCUT2D eigenvalue weighted by atomic mass is 79.9. The van der Waals surface area contributed by atoms with E-state index in [1.165, 1.54) is 12.0 Å². The van der Waals surface area contributed by atoms with Crippen LogP contribution < -0.4 is 5.32 Å². The molecule has 0 amide bonds. The zero-order chi connectivity index (χ0) is 11.1. The Hall–Kier alpha value is -0.540. The second-order valence-corrected chi connectivity index (χ2v) is 4.38. The van der Waals surface area contributed by atoms with E-state index in [-0.39, 0.29) is 0 Å². The Labute approximate surface area is 99.9 Å². The number of hydrogen-bond acceptors (Lipinski definition) is 2. The molecule has 1 N–H and O–H groups in total. The largest absolute Gasteiger partial charge is 0.464 e. The number of nitrogens with one attached hydrogen (secondary N) is 1. The van der Waals surface area contributed by atoms with Crippen molar-refractivity contribution >= 4 is 21.5 Å². The van der Waals surface area contributed by atoms with Crippen molar-refractivity contribution in [1.29, 1.82) is 0 Å². The first kappa shape index (κ1) is 12.5. The number of halogens is 1. The Bertz CT molecular complexity index is 317. The molecule has 0 aliphatic carbocycles. The lowest BCUT2D eigenvalue weighted by molar-refractivity contribution is 0.550. The van der Waals surface area contributed by atoms with E-state index in [4.69, 9.17) is 4.42 Å². The summed E-state index contributed by atoms with van der Waals surface area (Å²) in [5.41, 5.74) is 1.19. The van der Waals surface area contributed by atoms with Crippen molar-refractivity contribution in [3.63, 3.8) is 0 Å². The normalized spacial score (nSPS) is 12.1. The highest BCUT2D eigenvalue weighted by molar-refractivity contribution is 9.10. The minimum atomic E-state index is 0.936. The van der Waals surface area contributed by atoms with Gasteiger partial charge in [-0.15, -0.1) is 0 Å². The molecule has 0 spiro atoms. The van der Waals surface area contributed by atoms with Crippen molar-refractivity contribution in [1.82, 2.24) is 5.32 Å². The third-order valence-electron chi connectivity index (χ3n) is 2.17. The smallest absolute Gasteiger partial charge is 0.143 e. The van der Waals surface area contributed by atoms with E-state index in [9.17, 15) is 0 Å². The highest BCUT2D eigenvalue weighted by Gasteiger charge is 2.04. The van der Waals surface area contributed by atoms with Crippen LogP contribution in [0.5, 0.6) is 0 Å². The molecular weight excluding hydrogens is 254 g/mol. The lowest BCUT2D eigenvalue weighted by atomic mass is 10.2. The summed E-state index contributed by atoms with van der Waals surface area (Å²) in [6, 6.07) is 1.92. The standard InChI is InChI=1S/C12H18BrNO/c1-3-7-14-8-4-5-10(2)12-11(13)6-9-15-12/h5-6,9,14H,3-4,7-8H2,1-2H3. The topological polar surface area (TPSA) is 25.2 Å². The van der Waals surface area contributed by atoms with Gasteiger partial charge in [-0.3, -0.25) is 0 Å². The maximum absolute atomic E-state index is 5.37. The minimum absolute atomic E-state index is 0.936. The fourth-order valence-corrected chi connectivity index (χ4v) is 1.87. The van der Waals surface area contributed by atoms with E-state index in [1.807, 2.05) is 6.07 Å². The highest BCUT2D eigenvalue weighted by Crippen LogP contribution is 2.25. The average Bonchev–Trinajstić information content (AvgIpc) is 2.64. The number of furan rings is 1. The molecule has 0 aliphatic heterocycles. The van der Waals surface area contributed by atoms with Crippen molar-refractivity contribution < 1.29 is 4.42 Å². The van der Waals surface area contributed by atoms with Crippen LogP contribution in [0.1, 0.15) is 32.4 Å². The molecule has 2 nitrogen and oxygen atoms in total. The summed E-state index contributed by atoms with van der Waals surface area (Å²) in [6.45, 7) is 6.37. The van der Waals surface area contributed by atoms with Crippen LogP contribution in [-0.2, 0) is 0 Å². The van der Waals surface area contributed by atoms with E-state index in [0.29, 0.717) is 0 Å². The fraction of sp³-hybridized carbons (Fsp3) is 0.500. The Morgan fingerprint density at radius 1 is 1.53 bits per heavy atom. The van der Waals surface area contributed by atoms with E-state index in [1.54, 1.807) is 6.26 Å². The summed E-state index contributed by atoms with van der Waals surface area (Å²) >= 11 is 3.45. The summed E-state index contributed by atoms with van der Waals surface area (Å²) in [6.07, 6.45) is 6.13. The number of hydrogen-bond donors (Lipinski definition) is 1. The molecule has 0 bridgehead atoms. The Balaban J connectivity index is 2.37. The van der Waals surface area contributed by atoms with Crippen LogP contribution in [-0.4, -0.2) is 13.1 Å². The van der Waals surface area contributed by atoms with Crippen LogP contribution in [0.3, 0.4) is 0 Å². The zero-order valence-corrected chi connectivity index (χ0v) is 10.9. The van der Waals surface area contributed by atoms with Gasteiger partial charge < -0.3 is 9.73 Å². The summed E-state index contributed by atoms with van der Waals surface area (Å²) in [5, 5.41) is 3.36. The third kappa shape index (κ3) is 4.22. The van der Waals surface area contributed by atoms with Crippen LogP contribution in [0.25, 0.3) is 5.57 Å². The summed E-state index contributed by atoms with van der Waals surface area (Å²) in [4.78, 5) is 0. The molecule has 0 aliphatic rings. The molecule has 3 heteroatoms. The van der Waals surface area contributed by atoms with Crippen LogP contribution >= 0.6 is 15.9 Å². The van der Waals surface area contributed by atoms with Gasteiger partial charge in [0.2, 0.25) is 0 Å². The SMILES string of the molecule is CCCNCCC=C(C)c1occc1Br. The molecule has 1 rings (SSSR count). The molecule has 1 aromatic rings. The first-order chi connectivity index (χ1) is 7.25. The van der Waals surface area contributed by atoms with Crippen molar-refractivity contribution in [2.75, 3.05) is 13.1 Å². The van der Waals surface area contributed by atoms with Gasteiger partial charge in [-0.25, -0.2) is 0 Å². The van der Waals surface area contributed by atoms with Crippen molar-refractivity contribution in [2.24, 2.45) is 0 Å². The maximum Gasteiger partial charge on any atom is 0.143 e. The van der Waals surface area contributed by atoms with Gasteiger partial charge >= 0.3 is 0 Å². The van der Waals surface area contributed by atoms with Gasteiger partial charge in [-0.1, -0.05) is 13.0 Å². The molecule has 1 aromatic heterocycles. The van der Waals surface area contributed by atoms with Gasteiger partial charge in [-0.2, -0.15) is 0 Å². The third-order valence-corrected chi connectivity index (χ3v) is 2.80. The van der Waals surface area contributed by atoms with Crippen molar-refractivity contribution in [3.05, 3.63) is 28.6 Å². The number of rotatable bonds is 6. The summed E-state index contributed by atoms with van der Waals surface area (Å²) in [5.74, 6) is 0.936. The lowest BCUT2D eigenvalue weighted by Crippen LogP contribution is -2.15. The van der Waals surface area contributed by atoms with E-state index >= 15 is 0 Å². The first-order valence-corrected chi connectivity index (χ1v) is 6.15. The maximum atomic E-state index is 5.37. The molecule has 0 radical (unpaired) electrons. The molecule has 0 unspecified atom stereocenters. The molecule has 0 aromatic carbocycles. The second-order valence-electron chi connectivity index (χ2n) is 3.52. The summed E-state index contributed by atoms with van der Waals surface area (Å²) in [7, 11) is 0. The zero-order valence-electron chi connectivity index (χ0n) is 9.35. The monoisotopic (exact) mass is 271 g/mol. The molecule has 15 heavy (non-hydrogen) atoms. The Kier molecular flexibility index (Phi) is 5.73. The molecule has 0 saturated heterocycles. The van der Waals surface area contributed by atoms with Gasteiger partial charge in [0.1, 0.15) is 5.76 Å². The second kappa shape index (κ2) is 6.85.